The molecule has 1 aromatic carbocycles. The van der Waals surface area contributed by atoms with E-state index >= 15 is 0 Å². The fourth-order valence-corrected chi connectivity index (χ4v) is 3.11. The highest BCUT2D eigenvalue weighted by Crippen LogP contribution is 2.33. The van der Waals surface area contributed by atoms with Gasteiger partial charge in [-0.2, -0.15) is 0 Å². The molecule has 1 amide bonds. The van der Waals surface area contributed by atoms with E-state index in [0.717, 1.165) is 32.4 Å². The quantitative estimate of drug-likeness (QED) is 0.744. The van der Waals surface area contributed by atoms with Crippen molar-refractivity contribution in [3.63, 3.8) is 0 Å². The summed E-state index contributed by atoms with van der Waals surface area (Å²) >= 11 is 0. The Bertz CT molecular complexity index is 452. The molecule has 1 saturated heterocycles. The third-order valence-electron chi connectivity index (χ3n) is 4.12. The van der Waals surface area contributed by atoms with Crippen LogP contribution in [0.15, 0.2) is 42.5 Å². The summed E-state index contributed by atoms with van der Waals surface area (Å²) in [5.74, 6) is 1.10. The van der Waals surface area contributed by atoms with Gasteiger partial charge in [0.2, 0.25) is 5.91 Å². The molecule has 1 aromatic rings. The number of hydrogen-bond donors (Lipinski definition) is 0. The molecule has 0 spiro atoms. The van der Waals surface area contributed by atoms with Gasteiger partial charge in [-0.1, -0.05) is 56.3 Å². The molecule has 1 heterocycles. The summed E-state index contributed by atoms with van der Waals surface area (Å²) < 4.78 is 0. The normalized spacial score (nSPS) is 24.7. The van der Waals surface area contributed by atoms with Crippen molar-refractivity contribution in [2.45, 2.75) is 39.7 Å². The average molecular weight is 271 g/mol. The number of carbonyl (C=O) groups is 1. The van der Waals surface area contributed by atoms with Gasteiger partial charge in [0.25, 0.3) is 0 Å². The van der Waals surface area contributed by atoms with Crippen LogP contribution in [-0.4, -0.2) is 17.4 Å². The number of benzene rings is 1. The first-order chi connectivity index (χ1) is 9.84. The summed E-state index contributed by atoms with van der Waals surface area (Å²) in [4.78, 5) is 14.5. The summed E-state index contributed by atoms with van der Waals surface area (Å²) in [5, 5.41) is 0. The monoisotopic (exact) mass is 271 g/mol. The summed E-state index contributed by atoms with van der Waals surface area (Å²) in [6, 6.07) is 10.3. The van der Waals surface area contributed by atoms with Gasteiger partial charge in [0.1, 0.15) is 0 Å². The van der Waals surface area contributed by atoms with Crippen LogP contribution in [0, 0.1) is 11.8 Å². The highest BCUT2D eigenvalue weighted by Gasteiger charge is 2.35. The van der Waals surface area contributed by atoms with Crippen LogP contribution in [0.5, 0.6) is 0 Å². The molecule has 1 unspecified atom stereocenters. The summed E-state index contributed by atoms with van der Waals surface area (Å²) in [6.07, 6.45) is 7.71. The lowest BCUT2D eigenvalue weighted by Gasteiger charge is -2.38. The summed E-state index contributed by atoms with van der Waals surface area (Å²) in [5.41, 5.74) is 1.23. The van der Waals surface area contributed by atoms with Crippen molar-refractivity contribution in [2.75, 3.05) is 6.54 Å². The number of fused-ring (bicyclic) bond motifs is 1. The van der Waals surface area contributed by atoms with Gasteiger partial charge in [-0.25, -0.2) is 0 Å². The number of carbonyl (C=O) groups excluding carboxylic acids is 1. The SMILES string of the molecule is CC.O=C1[C@H]2CCC=CC2CCN1Cc1ccccc1. The van der Waals surface area contributed by atoms with Gasteiger partial charge in [0, 0.05) is 19.0 Å². The van der Waals surface area contributed by atoms with Crippen LogP contribution in [0.4, 0.5) is 0 Å². The Morgan fingerprint density at radius 1 is 1.15 bits per heavy atom. The van der Waals surface area contributed by atoms with Crippen molar-refractivity contribution in [1.29, 1.82) is 0 Å². The molecular formula is C18H25NO. The molecule has 0 aromatic heterocycles. The Balaban J connectivity index is 0.000000704. The molecular weight excluding hydrogens is 246 g/mol. The molecule has 1 aliphatic heterocycles. The minimum atomic E-state index is 0.243. The molecule has 0 radical (unpaired) electrons. The van der Waals surface area contributed by atoms with E-state index in [-0.39, 0.29) is 5.92 Å². The van der Waals surface area contributed by atoms with E-state index in [2.05, 4.69) is 24.3 Å². The number of amides is 1. The smallest absolute Gasteiger partial charge is 0.226 e. The van der Waals surface area contributed by atoms with E-state index in [1.54, 1.807) is 0 Å². The highest BCUT2D eigenvalue weighted by atomic mass is 16.2. The number of likely N-dealkylation sites (tertiary alicyclic amines) is 1. The predicted molar refractivity (Wildman–Crippen MR) is 83.2 cm³/mol. The van der Waals surface area contributed by atoms with Gasteiger partial charge in [0.05, 0.1) is 0 Å². The maximum Gasteiger partial charge on any atom is 0.226 e. The molecule has 0 bridgehead atoms. The van der Waals surface area contributed by atoms with Crippen LogP contribution < -0.4 is 0 Å². The van der Waals surface area contributed by atoms with E-state index < -0.39 is 0 Å². The van der Waals surface area contributed by atoms with E-state index in [4.69, 9.17) is 0 Å². The second kappa shape index (κ2) is 7.28. The first-order valence-corrected chi connectivity index (χ1v) is 7.84. The van der Waals surface area contributed by atoms with Crippen LogP contribution in [-0.2, 0) is 11.3 Å². The van der Waals surface area contributed by atoms with E-state index in [1.165, 1.54) is 5.56 Å². The molecule has 2 atom stereocenters. The van der Waals surface area contributed by atoms with Crippen molar-refractivity contribution in [1.82, 2.24) is 4.90 Å². The maximum absolute atomic E-state index is 12.5. The molecule has 0 saturated carbocycles. The first kappa shape index (κ1) is 14.8. The van der Waals surface area contributed by atoms with Crippen molar-refractivity contribution < 1.29 is 4.79 Å². The second-order valence-electron chi connectivity index (χ2n) is 5.31. The molecule has 2 heteroatoms. The number of piperidine rings is 1. The molecule has 1 fully saturated rings. The molecule has 3 rings (SSSR count). The Morgan fingerprint density at radius 3 is 2.65 bits per heavy atom. The zero-order chi connectivity index (χ0) is 14.4. The van der Waals surface area contributed by atoms with Crippen LogP contribution in [0.25, 0.3) is 0 Å². The minimum absolute atomic E-state index is 0.243. The zero-order valence-corrected chi connectivity index (χ0v) is 12.6. The zero-order valence-electron chi connectivity index (χ0n) is 12.6. The molecule has 0 N–H and O–H groups in total. The lowest BCUT2D eigenvalue weighted by molar-refractivity contribution is -0.141. The van der Waals surface area contributed by atoms with Crippen molar-refractivity contribution in [3.05, 3.63) is 48.0 Å². The Labute approximate surface area is 122 Å². The number of allylic oxidation sites excluding steroid dienone is 2. The predicted octanol–water partition coefficient (Wildman–Crippen LogP) is 4.03. The van der Waals surface area contributed by atoms with Gasteiger partial charge in [-0.3, -0.25) is 4.79 Å². The van der Waals surface area contributed by atoms with Crippen LogP contribution >= 0.6 is 0 Å². The van der Waals surface area contributed by atoms with Crippen molar-refractivity contribution in [2.24, 2.45) is 11.8 Å². The van der Waals surface area contributed by atoms with Crippen LogP contribution in [0.2, 0.25) is 0 Å². The number of rotatable bonds is 2. The van der Waals surface area contributed by atoms with E-state index in [1.807, 2.05) is 36.9 Å². The standard InChI is InChI=1S/C16H19NO.C2H6/c18-16-15-9-5-4-8-14(15)10-11-17(16)12-13-6-2-1-3-7-13;1-2/h1-4,6-8,14-15H,5,9-12H2;1-2H3/t14?,15-;/m0./s1. The van der Waals surface area contributed by atoms with Gasteiger partial charge < -0.3 is 4.90 Å². The first-order valence-electron chi connectivity index (χ1n) is 7.84. The lowest BCUT2D eigenvalue weighted by atomic mass is 9.78. The van der Waals surface area contributed by atoms with E-state index in [0.29, 0.717) is 11.8 Å². The molecule has 2 nitrogen and oxygen atoms in total. The maximum atomic E-state index is 12.5. The van der Waals surface area contributed by atoms with Gasteiger partial charge in [-0.05, 0) is 30.7 Å². The average Bonchev–Trinajstić information content (AvgIpc) is 2.53. The molecule has 1 aliphatic carbocycles. The highest BCUT2D eigenvalue weighted by molar-refractivity contribution is 5.80. The second-order valence-corrected chi connectivity index (χ2v) is 5.31. The van der Waals surface area contributed by atoms with E-state index in [9.17, 15) is 4.79 Å². The molecule has 2 aliphatic rings. The number of hydrogen-bond acceptors (Lipinski definition) is 1. The van der Waals surface area contributed by atoms with Crippen molar-refractivity contribution in [3.8, 4) is 0 Å². The number of nitrogens with zero attached hydrogens (tertiary/aromatic N) is 1. The van der Waals surface area contributed by atoms with Gasteiger partial charge in [-0.15, -0.1) is 0 Å². The largest absolute Gasteiger partial charge is 0.338 e. The van der Waals surface area contributed by atoms with Crippen molar-refractivity contribution >= 4 is 5.91 Å². The van der Waals surface area contributed by atoms with Gasteiger partial charge in [0.15, 0.2) is 0 Å². The molecule has 20 heavy (non-hydrogen) atoms. The summed E-state index contributed by atoms with van der Waals surface area (Å²) in [6.45, 7) is 5.67. The van der Waals surface area contributed by atoms with Crippen LogP contribution in [0.3, 0.4) is 0 Å². The fourth-order valence-electron chi connectivity index (χ4n) is 3.11. The third-order valence-corrected chi connectivity index (χ3v) is 4.12. The fraction of sp³-hybridized carbons (Fsp3) is 0.500. The third kappa shape index (κ3) is 3.30. The van der Waals surface area contributed by atoms with Gasteiger partial charge >= 0.3 is 0 Å². The Morgan fingerprint density at radius 2 is 1.90 bits per heavy atom. The van der Waals surface area contributed by atoms with Crippen LogP contribution in [0.1, 0.15) is 38.7 Å². The Hall–Kier alpha value is -1.57. The molecule has 108 valence electrons. The topological polar surface area (TPSA) is 20.3 Å². The minimum Gasteiger partial charge on any atom is -0.338 e. The lowest BCUT2D eigenvalue weighted by Crippen LogP contribution is -2.45. The summed E-state index contributed by atoms with van der Waals surface area (Å²) in [7, 11) is 0. The Kier molecular flexibility index (Phi) is 5.40.